The highest BCUT2D eigenvalue weighted by Gasteiger charge is 2.18. The fraction of sp³-hybridized carbons (Fsp3) is 0.400. The van der Waals surface area contributed by atoms with Crippen LogP contribution in [0.1, 0.15) is 42.0 Å². The van der Waals surface area contributed by atoms with Gasteiger partial charge in [-0.3, -0.25) is 4.79 Å². The molecule has 1 heterocycles. The van der Waals surface area contributed by atoms with Gasteiger partial charge < -0.3 is 5.32 Å². The number of carbonyl (C=O) groups excluding carboxylic acids is 1. The van der Waals surface area contributed by atoms with Crippen molar-refractivity contribution in [1.29, 1.82) is 0 Å². The zero-order valence-electron chi connectivity index (χ0n) is 12.6. The molecule has 0 saturated carbocycles. The van der Waals surface area contributed by atoms with Crippen LogP contribution in [-0.4, -0.2) is 26.9 Å². The Balaban J connectivity index is 2.32. The van der Waals surface area contributed by atoms with Crippen molar-refractivity contribution in [2.45, 2.75) is 40.2 Å². The standard InChI is InChI=1S/C15H19BrN4O/c1-5-10(3)17-15(21)14-11(4)20(19-18-14)12-6-7-13(16)9(2)8-12/h6-8,10H,5H2,1-4H3,(H,17,21)/t10-/m0/s1. The molecule has 0 unspecified atom stereocenters. The highest BCUT2D eigenvalue weighted by molar-refractivity contribution is 9.10. The van der Waals surface area contributed by atoms with E-state index in [2.05, 4.69) is 31.6 Å². The van der Waals surface area contributed by atoms with Gasteiger partial charge in [0, 0.05) is 10.5 Å². The lowest BCUT2D eigenvalue weighted by molar-refractivity contribution is 0.0933. The second-order valence-corrected chi connectivity index (χ2v) is 6.01. The molecule has 6 heteroatoms. The number of halogens is 1. The lowest BCUT2D eigenvalue weighted by Gasteiger charge is -2.10. The molecule has 1 amide bonds. The first-order valence-electron chi connectivity index (χ1n) is 6.93. The van der Waals surface area contributed by atoms with Gasteiger partial charge in [0.05, 0.1) is 11.4 Å². The molecule has 0 aliphatic rings. The van der Waals surface area contributed by atoms with Gasteiger partial charge in [-0.1, -0.05) is 28.1 Å². The van der Waals surface area contributed by atoms with Crippen LogP contribution in [0.3, 0.4) is 0 Å². The van der Waals surface area contributed by atoms with E-state index in [4.69, 9.17) is 0 Å². The third kappa shape index (κ3) is 3.32. The molecule has 0 aliphatic carbocycles. The van der Waals surface area contributed by atoms with E-state index < -0.39 is 0 Å². The van der Waals surface area contributed by atoms with E-state index >= 15 is 0 Å². The number of rotatable bonds is 4. The molecule has 0 bridgehead atoms. The van der Waals surface area contributed by atoms with Crippen molar-refractivity contribution in [2.24, 2.45) is 0 Å². The summed E-state index contributed by atoms with van der Waals surface area (Å²) in [6.45, 7) is 7.86. The number of aryl methyl sites for hydroxylation is 1. The van der Waals surface area contributed by atoms with Crippen molar-refractivity contribution in [2.75, 3.05) is 0 Å². The van der Waals surface area contributed by atoms with Gasteiger partial charge in [0.25, 0.3) is 5.91 Å². The predicted molar refractivity (Wildman–Crippen MR) is 85.8 cm³/mol. The SMILES string of the molecule is CC[C@H](C)NC(=O)c1nnn(-c2ccc(Br)c(C)c2)c1C. The Morgan fingerprint density at radius 1 is 1.43 bits per heavy atom. The smallest absolute Gasteiger partial charge is 0.273 e. The number of hydrogen-bond donors (Lipinski definition) is 1. The van der Waals surface area contributed by atoms with E-state index in [1.54, 1.807) is 4.68 Å². The Hall–Kier alpha value is -1.69. The van der Waals surface area contributed by atoms with Crippen LogP contribution in [0.15, 0.2) is 22.7 Å². The van der Waals surface area contributed by atoms with E-state index in [1.165, 1.54) is 0 Å². The zero-order chi connectivity index (χ0) is 15.6. The van der Waals surface area contributed by atoms with Crippen LogP contribution in [0.5, 0.6) is 0 Å². The normalized spacial score (nSPS) is 12.2. The van der Waals surface area contributed by atoms with E-state index in [-0.39, 0.29) is 11.9 Å². The number of aromatic nitrogens is 3. The van der Waals surface area contributed by atoms with Crippen LogP contribution in [0.25, 0.3) is 5.69 Å². The van der Waals surface area contributed by atoms with Crippen LogP contribution < -0.4 is 5.32 Å². The monoisotopic (exact) mass is 350 g/mol. The number of benzene rings is 1. The van der Waals surface area contributed by atoms with Crippen molar-refractivity contribution in [1.82, 2.24) is 20.3 Å². The summed E-state index contributed by atoms with van der Waals surface area (Å²) in [6.07, 6.45) is 0.880. The molecule has 5 nitrogen and oxygen atoms in total. The minimum absolute atomic E-state index is 0.122. The Bertz CT molecular complexity index is 666. The first-order chi connectivity index (χ1) is 9.93. The van der Waals surface area contributed by atoms with Gasteiger partial charge in [0.15, 0.2) is 5.69 Å². The largest absolute Gasteiger partial charge is 0.348 e. The maximum Gasteiger partial charge on any atom is 0.273 e. The van der Waals surface area contributed by atoms with Gasteiger partial charge in [-0.25, -0.2) is 4.68 Å². The van der Waals surface area contributed by atoms with E-state index in [0.29, 0.717) is 5.69 Å². The Kier molecular flexibility index (Phi) is 4.77. The first-order valence-corrected chi connectivity index (χ1v) is 7.73. The summed E-state index contributed by atoms with van der Waals surface area (Å²) in [5.74, 6) is -0.179. The highest BCUT2D eigenvalue weighted by atomic mass is 79.9. The summed E-state index contributed by atoms with van der Waals surface area (Å²) in [5, 5.41) is 11.0. The molecule has 0 spiro atoms. The van der Waals surface area contributed by atoms with Gasteiger partial charge in [-0.05, 0) is 51.0 Å². The highest BCUT2D eigenvalue weighted by Crippen LogP contribution is 2.20. The molecule has 0 fully saturated rings. The van der Waals surface area contributed by atoms with Gasteiger partial charge in [-0.15, -0.1) is 5.10 Å². The molecule has 1 aromatic carbocycles. The molecule has 0 saturated heterocycles. The summed E-state index contributed by atoms with van der Waals surface area (Å²) in [5.41, 5.74) is 3.10. The number of hydrogen-bond acceptors (Lipinski definition) is 3. The predicted octanol–water partition coefficient (Wildman–Crippen LogP) is 3.17. The van der Waals surface area contributed by atoms with E-state index in [1.807, 2.05) is 45.9 Å². The van der Waals surface area contributed by atoms with E-state index in [9.17, 15) is 4.79 Å². The zero-order valence-corrected chi connectivity index (χ0v) is 14.2. The molecular formula is C15H19BrN4O. The Labute approximate surface area is 132 Å². The molecule has 2 aromatic rings. The summed E-state index contributed by atoms with van der Waals surface area (Å²) >= 11 is 3.47. The second kappa shape index (κ2) is 6.39. The van der Waals surface area contributed by atoms with Gasteiger partial charge in [0.1, 0.15) is 0 Å². The Morgan fingerprint density at radius 2 is 2.14 bits per heavy atom. The maximum absolute atomic E-state index is 12.2. The van der Waals surface area contributed by atoms with Gasteiger partial charge >= 0.3 is 0 Å². The summed E-state index contributed by atoms with van der Waals surface area (Å²) in [4.78, 5) is 12.2. The van der Waals surface area contributed by atoms with Crippen LogP contribution >= 0.6 is 15.9 Å². The molecule has 0 radical (unpaired) electrons. The van der Waals surface area contributed by atoms with E-state index in [0.717, 1.165) is 27.8 Å². The number of nitrogens with zero attached hydrogens (tertiary/aromatic N) is 3. The quantitative estimate of drug-likeness (QED) is 0.920. The summed E-state index contributed by atoms with van der Waals surface area (Å²) < 4.78 is 2.73. The van der Waals surface area contributed by atoms with Gasteiger partial charge in [0.2, 0.25) is 0 Å². The van der Waals surface area contributed by atoms with Crippen molar-refractivity contribution >= 4 is 21.8 Å². The summed E-state index contributed by atoms with van der Waals surface area (Å²) in [6, 6.07) is 6.03. The minimum Gasteiger partial charge on any atom is -0.348 e. The maximum atomic E-state index is 12.2. The summed E-state index contributed by atoms with van der Waals surface area (Å²) in [7, 11) is 0. The third-order valence-electron chi connectivity index (χ3n) is 3.49. The molecule has 21 heavy (non-hydrogen) atoms. The number of nitrogens with one attached hydrogen (secondary N) is 1. The topological polar surface area (TPSA) is 59.8 Å². The molecular weight excluding hydrogens is 332 g/mol. The third-order valence-corrected chi connectivity index (χ3v) is 4.38. The van der Waals surface area contributed by atoms with Crippen LogP contribution in [0.2, 0.25) is 0 Å². The van der Waals surface area contributed by atoms with Crippen molar-refractivity contribution < 1.29 is 4.79 Å². The minimum atomic E-state index is -0.179. The van der Waals surface area contributed by atoms with Crippen molar-refractivity contribution in [3.05, 3.63) is 39.6 Å². The molecule has 1 atom stereocenters. The number of amides is 1. The lowest BCUT2D eigenvalue weighted by Crippen LogP contribution is -2.32. The molecule has 112 valence electrons. The molecule has 0 aliphatic heterocycles. The lowest BCUT2D eigenvalue weighted by atomic mass is 10.2. The van der Waals surface area contributed by atoms with Crippen LogP contribution in [0.4, 0.5) is 0 Å². The number of carbonyl (C=O) groups is 1. The van der Waals surface area contributed by atoms with Crippen molar-refractivity contribution in [3.63, 3.8) is 0 Å². The average molecular weight is 351 g/mol. The first kappa shape index (κ1) is 15.7. The molecule has 2 rings (SSSR count). The van der Waals surface area contributed by atoms with Crippen molar-refractivity contribution in [3.8, 4) is 5.69 Å². The second-order valence-electron chi connectivity index (χ2n) is 5.15. The van der Waals surface area contributed by atoms with Gasteiger partial charge in [-0.2, -0.15) is 0 Å². The fourth-order valence-corrected chi connectivity index (χ4v) is 2.19. The molecule has 1 aromatic heterocycles. The Morgan fingerprint density at radius 3 is 2.76 bits per heavy atom. The average Bonchev–Trinajstić information content (AvgIpc) is 2.83. The van der Waals surface area contributed by atoms with Crippen LogP contribution in [-0.2, 0) is 0 Å². The molecule has 1 N–H and O–H groups in total. The van der Waals surface area contributed by atoms with Crippen LogP contribution in [0, 0.1) is 13.8 Å². The fourth-order valence-electron chi connectivity index (χ4n) is 1.94.